The Morgan fingerprint density at radius 1 is 1.52 bits per heavy atom. The summed E-state index contributed by atoms with van der Waals surface area (Å²) in [5, 5.41) is 16.2. The van der Waals surface area contributed by atoms with Gasteiger partial charge in [0.05, 0.1) is 22.9 Å². The molecular formula is C13H11ClN4O2S. The Balaban J connectivity index is 1.85. The van der Waals surface area contributed by atoms with Crippen LogP contribution in [0.25, 0.3) is 4.96 Å². The number of benzene rings is 1. The van der Waals surface area contributed by atoms with Crippen LogP contribution in [-0.4, -0.2) is 14.3 Å². The fraction of sp³-hybridized carbons (Fsp3) is 0.154. The lowest BCUT2D eigenvalue weighted by atomic mass is 10.2. The lowest BCUT2D eigenvalue weighted by Crippen LogP contribution is -2.04. The van der Waals surface area contributed by atoms with Crippen LogP contribution in [0.1, 0.15) is 11.4 Å². The molecule has 0 radical (unpaired) electrons. The first kappa shape index (κ1) is 13.8. The third-order valence-electron chi connectivity index (χ3n) is 3.16. The third kappa shape index (κ3) is 2.57. The maximum atomic E-state index is 10.9. The van der Waals surface area contributed by atoms with Gasteiger partial charge < -0.3 is 5.32 Å². The van der Waals surface area contributed by atoms with E-state index < -0.39 is 4.92 Å². The highest BCUT2D eigenvalue weighted by atomic mass is 35.5. The number of thiazole rings is 1. The Hall–Kier alpha value is -2.12. The van der Waals surface area contributed by atoms with Gasteiger partial charge in [0.15, 0.2) is 4.96 Å². The maximum absolute atomic E-state index is 10.9. The molecular weight excluding hydrogens is 312 g/mol. The Bertz CT molecular complexity index is 827. The van der Waals surface area contributed by atoms with Crippen LogP contribution in [0, 0.1) is 17.0 Å². The lowest BCUT2D eigenvalue weighted by Gasteiger charge is -2.07. The number of aryl methyl sites for hydroxylation is 1. The standard InChI is InChI=1S/C13H11ClN4O2S/c1-8-12(17-4-5-21-13(17)16-8)7-15-9-2-3-10(14)11(6-9)18(19)20/h2-6,15H,7H2,1H3. The molecule has 1 aromatic carbocycles. The van der Waals surface area contributed by atoms with Crippen LogP contribution < -0.4 is 5.32 Å². The first-order valence-corrected chi connectivity index (χ1v) is 7.41. The Morgan fingerprint density at radius 3 is 3.10 bits per heavy atom. The Kier molecular flexibility index (Phi) is 3.52. The molecule has 0 bridgehead atoms. The number of aromatic nitrogens is 2. The van der Waals surface area contributed by atoms with Crippen molar-refractivity contribution in [2.75, 3.05) is 5.32 Å². The Labute approximate surface area is 129 Å². The average molecular weight is 323 g/mol. The quantitative estimate of drug-likeness (QED) is 0.584. The first-order valence-electron chi connectivity index (χ1n) is 6.15. The minimum absolute atomic E-state index is 0.104. The molecule has 0 aliphatic rings. The summed E-state index contributed by atoms with van der Waals surface area (Å²) in [6.45, 7) is 2.48. The molecule has 0 saturated heterocycles. The number of nitrogens with one attached hydrogen (secondary N) is 1. The molecule has 8 heteroatoms. The number of fused-ring (bicyclic) bond motifs is 1. The van der Waals surface area contributed by atoms with Crippen molar-refractivity contribution in [1.82, 2.24) is 9.38 Å². The molecule has 0 atom stereocenters. The van der Waals surface area contributed by atoms with E-state index in [4.69, 9.17) is 11.6 Å². The molecule has 3 rings (SSSR count). The van der Waals surface area contributed by atoms with Crippen LogP contribution in [0.5, 0.6) is 0 Å². The number of halogens is 1. The van der Waals surface area contributed by atoms with Gasteiger partial charge in [-0.2, -0.15) is 0 Å². The van der Waals surface area contributed by atoms with Gasteiger partial charge in [0, 0.05) is 23.3 Å². The summed E-state index contributed by atoms with van der Waals surface area (Å²) < 4.78 is 2.01. The van der Waals surface area contributed by atoms with Crippen molar-refractivity contribution >= 4 is 39.3 Å². The molecule has 0 saturated carbocycles. The van der Waals surface area contributed by atoms with Crippen LogP contribution in [-0.2, 0) is 6.54 Å². The van der Waals surface area contributed by atoms with Crippen LogP contribution in [0.4, 0.5) is 11.4 Å². The molecule has 0 unspecified atom stereocenters. The highest BCUT2D eigenvalue weighted by Crippen LogP contribution is 2.28. The van der Waals surface area contributed by atoms with E-state index in [1.807, 2.05) is 22.9 Å². The van der Waals surface area contributed by atoms with Gasteiger partial charge in [0.25, 0.3) is 5.69 Å². The van der Waals surface area contributed by atoms with Crippen molar-refractivity contribution in [3.8, 4) is 0 Å². The zero-order chi connectivity index (χ0) is 15.0. The molecule has 0 fully saturated rings. The first-order chi connectivity index (χ1) is 10.1. The topological polar surface area (TPSA) is 72.5 Å². The zero-order valence-electron chi connectivity index (χ0n) is 11.0. The van der Waals surface area contributed by atoms with Gasteiger partial charge in [-0.25, -0.2) is 4.98 Å². The largest absolute Gasteiger partial charge is 0.379 e. The lowest BCUT2D eigenvalue weighted by molar-refractivity contribution is -0.384. The van der Waals surface area contributed by atoms with Crippen molar-refractivity contribution in [2.45, 2.75) is 13.5 Å². The summed E-state index contributed by atoms with van der Waals surface area (Å²) in [7, 11) is 0. The maximum Gasteiger partial charge on any atom is 0.289 e. The monoisotopic (exact) mass is 322 g/mol. The van der Waals surface area contributed by atoms with Crippen LogP contribution in [0.15, 0.2) is 29.8 Å². The average Bonchev–Trinajstić information content (AvgIpc) is 2.98. The number of imidazole rings is 1. The summed E-state index contributed by atoms with van der Waals surface area (Å²) in [5.41, 5.74) is 2.52. The number of nitro benzene ring substituents is 1. The third-order valence-corrected chi connectivity index (χ3v) is 4.24. The number of anilines is 1. The summed E-state index contributed by atoms with van der Waals surface area (Å²) in [5.74, 6) is 0. The van der Waals surface area contributed by atoms with Crippen LogP contribution in [0.2, 0.25) is 5.02 Å². The normalized spacial score (nSPS) is 11.0. The van der Waals surface area contributed by atoms with Crippen molar-refractivity contribution < 1.29 is 4.92 Å². The van der Waals surface area contributed by atoms with Gasteiger partial charge >= 0.3 is 0 Å². The summed E-state index contributed by atoms with van der Waals surface area (Å²) in [4.78, 5) is 15.8. The van der Waals surface area contributed by atoms with Crippen molar-refractivity contribution in [3.63, 3.8) is 0 Å². The predicted molar refractivity (Wildman–Crippen MR) is 83.2 cm³/mol. The molecule has 108 valence electrons. The second-order valence-electron chi connectivity index (χ2n) is 4.48. The summed E-state index contributed by atoms with van der Waals surface area (Å²) >= 11 is 7.37. The molecule has 6 nitrogen and oxygen atoms in total. The van der Waals surface area contributed by atoms with Crippen LogP contribution in [0.3, 0.4) is 0 Å². The highest BCUT2D eigenvalue weighted by Gasteiger charge is 2.14. The van der Waals surface area contributed by atoms with E-state index in [2.05, 4.69) is 10.3 Å². The molecule has 0 aliphatic carbocycles. The molecule has 21 heavy (non-hydrogen) atoms. The van der Waals surface area contributed by atoms with E-state index in [0.717, 1.165) is 16.3 Å². The fourth-order valence-corrected chi connectivity index (χ4v) is 3.07. The second-order valence-corrected chi connectivity index (χ2v) is 5.76. The number of nitrogens with zero attached hydrogens (tertiary/aromatic N) is 3. The molecule has 0 aliphatic heterocycles. The van der Waals surface area contributed by atoms with Gasteiger partial charge in [0.2, 0.25) is 0 Å². The molecule has 2 heterocycles. The molecule has 3 aromatic rings. The van der Waals surface area contributed by atoms with E-state index in [-0.39, 0.29) is 10.7 Å². The van der Waals surface area contributed by atoms with Gasteiger partial charge in [-0.3, -0.25) is 14.5 Å². The predicted octanol–water partition coefficient (Wildman–Crippen LogP) is 3.88. The van der Waals surface area contributed by atoms with E-state index in [9.17, 15) is 10.1 Å². The van der Waals surface area contributed by atoms with Gasteiger partial charge in [-0.15, -0.1) is 11.3 Å². The van der Waals surface area contributed by atoms with E-state index in [0.29, 0.717) is 12.2 Å². The smallest absolute Gasteiger partial charge is 0.289 e. The number of hydrogen-bond donors (Lipinski definition) is 1. The van der Waals surface area contributed by atoms with Gasteiger partial charge in [-0.1, -0.05) is 11.6 Å². The summed E-state index contributed by atoms with van der Waals surface area (Å²) in [6.07, 6.45) is 1.96. The zero-order valence-corrected chi connectivity index (χ0v) is 12.6. The van der Waals surface area contributed by atoms with Gasteiger partial charge in [0.1, 0.15) is 5.02 Å². The van der Waals surface area contributed by atoms with Crippen molar-refractivity contribution in [3.05, 3.63) is 56.3 Å². The Morgan fingerprint density at radius 2 is 2.33 bits per heavy atom. The van der Waals surface area contributed by atoms with Crippen molar-refractivity contribution in [2.24, 2.45) is 0 Å². The van der Waals surface area contributed by atoms with E-state index in [1.165, 1.54) is 12.1 Å². The molecule has 2 aromatic heterocycles. The van der Waals surface area contributed by atoms with E-state index >= 15 is 0 Å². The van der Waals surface area contributed by atoms with E-state index in [1.54, 1.807) is 17.4 Å². The molecule has 1 N–H and O–H groups in total. The fourth-order valence-electron chi connectivity index (χ4n) is 2.10. The summed E-state index contributed by atoms with van der Waals surface area (Å²) in [6, 6.07) is 4.67. The number of rotatable bonds is 4. The highest BCUT2D eigenvalue weighted by molar-refractivity contribution is 7.15. The van der Waals surface area contributed by atoms with Gasteiger partial charge in [-0.05, 0) is 19.1 Å². The number of nitro groups is 1. The second kappa shape index (κ2) is 5.34. The minimum atomic E-state index is -0.491. The minimum Gasteiger partial charge on any atom is -0.379 e. The SMILES string of the molecule is Cc1nc2sccn2c1CNc1ccc(Cl)c([N+](=O)[O-])c1. The number of hydrogen-bond acceptors (Lipinski definition) is 5. The van der Waals surface area contributed by atoms with Crippen molar-refractivity contribution in [1.29, 1.82) is 0 Å². The molecule has 0 amide bonds. The van der Waals surface area contributed by atoms with Crippen LogP contribution >= 0.6 is 22.9 Å². The molecule has 0 spiro atoms.